The number of ether oxygens (including phenoxy) is 3. The van der Waals surface area contributed by atoms with Crippen LogP contribution in [0.5, 0.6) is 17.2 Å². The molecule has 3 aromatic carbocycles. The average molecular weight is 624 g/mol. The number of nitrogens with zero attached hydrogens (tertiary/aromatic N) is 1. The number of piperidine rings is 1. The van der Waals surface area contributed by atoms with Crippen molar-refractivity contribution in [1.82, 2.24) is 4.31 Å². The molecule has 0 aromatic heterocycles. The van der Waals surface area contributed by atoms with E-state index in [4.69, 9.17) is 14.2 Å². The quantitative estimate of drug-likeness (QED) is 0.304. The van der Waals surface area contributed by atoms with Gasteiger partial charge in [-0.1, -0.05) is 12.1 Å². The van der Waals surface area contributed by atoms with Crippen molar-refractivity contribution in [3.63, 3.8) is 0 Å². The van der Waals surface area contributed by atoms with Gasteiger partial charge in [0.15, 0.2) is 0 Å². The van der Waals surface area contributed by atoms with Gasteiger partial charge in [0.25, 0.3) is 0 Å². The Bertz CT molecular complexity index is 1670. The lowest BCUT2D eigenvalue weighted by atomic mass is 9.90. The molecule has 234 valence electrons. The van der Waals surface area contributed by atoms with Gasteiger partial charge in [-0.2, -0.15) is 0 Å². The fraction of sp³-hybridized carbons (Fsp3) is 0.441. The summed E-state index contributed by atoms with van der Waals surface area (Å²) in [5.41, 5.74) is 6.52. The number of aliphatic carboxylic acids is 1. The number of carboxylic acid groups (broad SMARTS) is 1. The fourth-order valence-electron chi connectivity index (χ4n) is 6.95. The first-order chi connectivity index (χ1) is 21.0. The fourth-order valence-corrected chi connectivity index (χ4v) is 7.83. The molecule has 2 atom stereocenters. The van der Waals surface area contributed by atoms with Crippen LogP contribution in [0.3, 0.4) is 0 Å². The summed E-state index contributed by atoms with van der Waals surface area (Å²) >= 11 is 0. The Hall–Kier alpha value is -3.63. The highest BCUT2D eigenvalue weighted by Gasteiger charge is 2.32. The van der Waals surface area contributed by atoms with Crippen LogP contribution >= 0.6 is 0 Å². The standard InChI is InChI=1S/C34H38FNO7S/c1-20-14-25(41-18-22-10-12-36(13-11-22)44(3,39)40)15-21(2)33(20)27-6-8-29(35)34-28(27)7-9-30(34)43-24-4-5-26-23(16-32(37)38)19-42-31(26)17-24/h4-6,8,14-15,17,22-23,30H,7,9-13,16,18-19H2,1-3H3,(H,37,38)/t23?,30-/m1/s1. The molecular formula is C34H38FNO7S. The van der Waals surface area contributed by atoms with Crippen molar-refractivity contribution < 1.29 is 36.9 Å². The van der Waals surface area contributed by atoms with E-state index >= 15 is 4.39 Å². The summed E-state index contributed by atoms with van der Waals surface area (Å²) in [5.74, 6) is 0.923. The third kappa shape index (κ3) is 6.15. The first-order valence-corrected chi connectivity index (χ1v) is 17.0. The maximum absolute atomic E-state index is 15.3. The lowest BCUT2D eigenvalue weighted by Gasteiger charge is -2.30. The smallest absolute Gasteiger partial charge is 0.304 e. The Morgan fingerprint density at radius 1 is 1.05 bits per heavy atom. The Labute approximate surface area is 257 Å². The number of halogens is 1. The molecule has 44 heavy (non-hydrogen) atoms. The molecule has 3 aromatic rings. The van der Waals surface area contributed by atoms with Crippen LogP contribution in [-0.4, -0.2) is 56.4 Å². The molecular weight excluding hydrogens is 585 g/mol. The van der Waals surface area contributed by atoms with Crippen molar-refractivity contribution in [2.45, 2.75) is 58.0 Å². The third-order valence-electron chi connectivity index (χ3n) is 9.15. The summed E-state index contributed by atoms with van der Waals surface area (Å²) in [6.07, 6.45) is 3.69. The third-order valence-corrected chi connectivity index (χ3v) is 10.5. The molecule has 10 heteroatoms. The minimum Gasteiger partial charge on any atom is -0.493 e. The van der Waals surface area contributed by atoms with E-state index in [2.05, 4.69) is 0 Å². The summed E-state index contributed by atoms with van der Waals surface area (Å²) in [6, 6.07) is 12.9. The average Bonchev–Trinajstić information content (AvgIpc) is 3.57. The molecule has 1 saturated heterocycles. The van der Waals surface area contributed by atoms with Crippen molar-refractivity contribution in [3.05, 3.63) is 76.1 Å². The summed E-state index contributed by atoms with van der Waals surface area (Å²) in [6.45, 7) is 5.99. The van der Waals surface area contributed by atoms with Gasteiger partial charge in [0.1, 0.15) is 29.2 Å². The highest BCUT2D eigenvalue weighted by Crippen LogP contribution is 2.45. The molecule has 0 radical (unpaired) electrons. The summed E-state index contributed by atoms with van der Waals surface area (Å²) in [7, 11) is -3.15. The second-order valence-corrected chi connectivity index (χ2v) is 14.3. The van der Waals surface area contributed by atoms with Gasteiger partial charge in [-0.25, -0.2) is 17.1 Å². The van der Waals surface area contributed by atoms with Crippen LogP contribution in [0.2, 0.25) is 0 Å². The van der Waals surface area contributed by atoms with Crippen LogP contribution in [0.1, 0.15) is 65.5 Å². The van der Waals surface area contributed by atoms with Crippen LogP contribution in [-0.2, 0) is 21.2 Å². The molecule has 2 aliphatic heterocycles. The molecule has 1 aliphatic carbocycles. The molecule has 2 heterocycles. The molecule has 1 fully saturated rings. The maximum atomic E-state index is 15.3. The second-order valence-electron chi connectivity index (χ2n) is 12.3. The highest BCUT2D eigenvalue weighted by atomic mass is 32.2. The molecule has 3 aliphatic rings. The van der Waals surface area contributed by atoms with Crippen molar-refractivity contribution in [3.8, 4) is 28.4 Å². The maximum Gasteiger partial charge on any atom is 0.304 e. The molecule has 8 nitrogen and oxygen atoms in total. The van der Waals surface area contributed by atoms with E-state index in [1.165, 1.54) is 16.6 Å². The van der Waals surface area contributed by atoms with Gasteiger partial charge in [0, 0.05) is 36.2 Å². The normalized spacial score (nSPS) is 20.2. The predicted octanol–water partition coefficient (Wildman–Crippen LogP) is 6.18. The topological polar surface area (TPSA) is 102 Å². The number of hydrogen-bond donors (Lipinski definition) is 1. The SMILES string of the molecule is Cc1cc(OCC2CCN(S(C)(=O)=O)CC2)cc(C)c1-c1ccc(F)c2c1CC[C@H]2Oc1ccc2c(c1)OCC2CC(=O)O. The Morgan fingerprint density at radius 3 is 2.45 bits per heavy atom. The molecule has 0 saturated carbocycles. The molecule has 0 bridgehead atoms. The molecule has 1 unspecified atom stereocenters. The lowest BCUT2D eigenvalue weighted by Crippen LogP contribution is -2.39. The Kier molecular flexibility index (Phi) is 8.32. The summed E-state index contributed by atoms with van der Waals surface area (Å²) < 4.78 is 58.7. The van der Waals surface area contributed by atoms with Gasteiger partial charge in [0.2, 0.25) is 10.0 Å². The zero-order chi connectivity index (χ0) is 31.2. The zero-order valence-electron chi connectivity index (χ0n) is 25.3. The largest absolute Gasteiger partial charge is 0.493 e. The van der Waals surface area contributed by atoms with Gasteiger partial charge in [-0.3, -0.25) is 4.79 Å². The van der Waals surface area contributed by atoms with Gasteiger partial charge in [0.05, 0.1) is 25.9 Å². The first kappa shape index (κ1) is 30.4. The van der Waals surface area contributed by atoms with E-state index < -0.39 is 22.1 Å². The molecule has 0 spiro atoms. The van der Waals surface area contributed by atoms with Crippen LogP contribution < -0.4 is 14.2 Å². The van der Waals surface area contributed by atoms with Gasteiger partial charge < -0.3 is 19.3 Å². The minimum atomic E-state index is -3.15. The van der Waals surface area contributed by atoms with Crippen LogP contribution in [0, 0.1) is 25.6 Å². The van der Waals surface area contributed by atoms with E-state index in [1.54, 1.807) is 6.07 Å². The van der Waals surface area contributed by atoms with Gasteiger partial charge in [-0.15, -0.1) is 0 Å². The van der Waals surface area contributed by atoms with Gasteiger partial charge in [-0.05, 0) is 97.5 Å². The van der Waals surface area contributed by atoms with Crippen molar-refractivity contribution in [2.75, 3.05) is 32.6 Å². The van der Waals surface area contributed by atoms with E-state index in [0.717, 1.165) is 52.0 Å². The van der Waals surface area contributed by atoms with Gasteiger partial charge >= 0.3 is 5.97 Å². The number of fused-ring (bicyclic) bond motifs is 2. The van der Waals surface area contributed by atoms with E-state index in [-0.39, 0.29) is 18.2 Å². The number of benzene rings is 3. The summed E-state index contributed by atoms with van der Waals surface area (Å²) in [5, 5.41) is 9.18. The number of hydrogen-bond acceptors (Lipinski definition) is 6. The van der Waals surface area contributed by atoms with Crippen molar-refractivity contribution in [2.24, 2.45) is 5.92 Å². The number of rotatable bonds is 9. The van der Waals surface area contributed by atoms with E-state index in [0.29, 0.717) is 62.1 Å². The highest BCUT2D eigenvalue weighted by molar-refractivity contribution is 7.88. The minimum absolute atomic E-state index is 0.00973. The van der Waals surface area contributed by atoms with Crippen LogP contribution in [0.4, 0.5) is 4.39 Å². The second kappa shape index (κ2) is 12.0. The number of sulfonamides is 1. The zero-order valence-corrected chi connectivity index (χ0v) is 26.1. The van der Waals surface area contributed by atoms with Crippen LogP contribution in [0.25, 0.3) is 11.1 Å². The molecule has 6 rings (SSSR count). The summed E-state index contributed by atoms with van der Waals surface area (Å²) in [4.78, 5) is 11.2. The first-order valence-electron chi connectivity index (χ1n) is 15.1. The molecule has 1 N–H and O–H groups in total. The van der Waals surface area contributed by atoms with E-state index in [1.807, 2.05) is 44.2 Å². The Morgan fingerprint density at radius 2 is 1.77 bits per heavy atom. The van der Waals surface area contributed by atoms with E-state index in [9.17, 15) is 18.3 Å². The predicted molar refractivity (Wildman–Crippen MR) is 165 cm³/mol. The number of carbonyl (C=O) groups is 1. The monoisotopic (exact) mass is 623 g/mol. The van der Waals surface area contributed by atoms with Crippen LogP contribution in [0.15, 0.2) is 42.5 Å². The Balaban J connectivity index is 1.17. The van der Waals surface area contributed by atoms with Crippen molar-refractivity contribution in [1.29, 1.82) is 0 Å². The van der Waals surface area contributed by atoms with Crippen molar-refractivity contribution >= 4 is 16.0 Å². The lowest BCUT2D eigenvalue weighted by molar-refractivity contribution is -0.137. The molecule has 0 amide bonds. The number of aryl methyl sites for hydroxylation is 2. The number of carboxylic acids is 1.